The summed E-state index contributed by atoms with van der Waals surface area (Å²) in [4.78, 5) is 37.5. The standard InChI is InChI=1S/C17H22N6O2/c1-4-14(24)23-8-10(3)12(9-23)21-13-7-20-16-15(22-13)11(6-19-16)17(25)18-5-2/h4,6-7,10,12H,1,5,8-9H2,2-3H3,(H,18,25)(H,19,20)(H,21,22). The van der Waals surface area contributed by atoms with Crippen LogP contribution in [0, 0.1) is 5.92 Å². The summed E-state index contributed by atoms with van der Waals surface area (Å²) in [6, 6.07) is 0.0718. The van der Waals surface area contributed by atoms with Gasteiger partial charge in [-0.3, -0.25) is 9.59 Å². The van der Waals surface area contributed by atoms with Gasteiger partial charge in [-0.1, -0.05) is 13.5 Å². The minimum absolute atomic E-state index is 0.0677. The van der Waals surface area contributed by atoms with Crippen LogP contribution >= 0.6 is 0 Å². The van der Waals surface area contributed by atoms with Crippen molar-refractivity contribution in [3.63, 3.8) is 0 Å². The molecule has 25 heavy (non-hydrogen) atoms. The summed E-state index contributed by atoms with van der Waals surface area (Å²) < 4.78 is 0. The summed E-state index contributed by atoms with van der Waals surface area (Å²) in [6.07, 6.45) is 4.58. The first kappa shape index (κ1) is 16.9. The molecule has 1 fully saturated rings. The van der Waals surface area contributed by atoms with E-state index in [-0.39, 0.29) is 23.8 Å². The van der Waals surface area contributed by atoms with Crippen LogP contribution in [0.2, 0.25) is 0 Å². The first-order valence-corrected chi connectivity index (χ1v) is 8.33. The maximum Gasteiger partial charge on any atom is 0.255 e. The number of carbonyl (C=O) groups excluding carboxylic acids is 2. The third-order valence-electron chi connectivity index (χ3n) is 4.39. The molecule has 0 saturated carbocycles. The molecule has 2 atom stereocenters. The van der Waals surface area contributed by atoms with Gasteiger partial charge in [-0.2, -0.15) is 0 Å². The fraction of sp³-hybridized carbons (Fsp3) is 0.412. The van der Waals surface area contributed by atoms with Gasteiger partial charge < -0.3 is 20.5 Å². The van der Waals surface area contributed by atoms with Crippen LogP contribution < -0.4 is 10.6 Å². The third kappa shape index (κ3) is 3.33. The minimum Gasteiger partial charge on any atom is -0.364 e. The van der Waals surface area contributed by atoms with Gasteiger partial charge in [0.1, 0.15) is 11.3 Å². The summed E-state index contributed by atoms with van der Waals surface area (Å²) >= 11 is 0. The lowest BCUT2D eigenvalue weighted by Gasteiger charge is -2.17. The molecule has 0 bridgehead atoms. The van der Waals surface area contributed by atoms with Gasteiger partial charge in [0.05, 0.1) is 11.8 Å². The van der Waals surface area contributed by atoms with Crippen LogP contribution in [0.15, 0.2) is 25.0 Å². The van der Waals surface area contributed by atoms with Crippen LogP contribution in [0.25, 0.3) is 11.2 Å². The van der Waals surface area contributed by atoms with E-state index >= 15 is 0 Å². The van der Waals surface area contributed by atoms with E-state index in [2.05, 4.69) is 39.1 Å². The van der Waals surface area contributed by atoms with Gasteiger partial charge >= 0.3 is 0 Å². The Hall–Kier alpha value is -2.90. The van der Waals surface area contributed by atoms with Gasteiger partial charge in [-0.05, 0) is 18.9 Å². The molecular weight excluding hydrogens is 320 g/mol. The number of hydrogen-bond donors (Lipinski definition) is 3. The number of aromatic amines is 1. The number of rotatable bonds is 5. The number of likely N-dealkylation sites (tertiary alicyclic amines) is 1. The summed E-state index contributed by atoms with van der Waals surface area (Å²) in [5.74, 6) is 0.608. The fourth-order valence-corrected chi connectivity index (χ4v) is 3.04. The molecule has 3 rings (SSSR count). The first-order valence-electron chi connectivity index (χ1n) is 8.33. The predicted molar refractivity (Wildman–Crippen MR) is 95.2 cm³/mol. The average molecular weight is 342 g/mol. The molecule has 0 aliphatic carbocycles. The summed E-state index contributed by atoms with van der Waals surface area (Å²) in [6.45, 7) is 9.28. The zero-order valence-electron chi connectivity index (χ0n) is 14.4. The quantitative estimate of drug-likeness (QED) is 0.708. The monoisotopic (exact) mass is 342 g/mol. The summed E-state index contributed by atoms with van der Waals surface area (Å²) in [5, 5.41) is 6.10. The Kier molecular flexibility index (Phi) is 4.69. The molecule has 2 aromatic heterocycles. The molecule has 1 saturated heterocycles. The second kappa shape index (κ2) is 6.92. The van der Waals surface area contributed by atoms with E-state index in [0.717, 1.165) is 0 Å². The Morgan fingerprint density at radius 3 is 3.00 bits per heavy atom. The number of anilines is 1. The lowest BCUT2D eigenvalue weighted by atomic mass is 10.1. The van der Waals surface area contributed by atoms with Crippen LogP contribution in [-0.2, 0) is 4.79 Å². The van der Waals surface area contributed by atoms with Crippen LogP contribution in [0.4, 0.5) is 5.82 Å². The van der Waals surface area contributed by atoms with Crippen molar-refractivity contribution in [3.8, 4) is 0 Å². The Balaban J connectivity index is 1.80. The highest BCUT2D eigenvalue weighted by molar-refractivity contribution is 6.04. The van der Waals surface area contributed by atoms with E-state index in [9.17, 15) is 9.59 Å². The Bertz CT molecular complexity index is 815. The summed E-state index contributed by atoms with van der Waals surface area (Å²) in [7, 11) is 0. The Labute approximate surface area is 145 Å². The van der Waals surface area contributed by atoms with Crippen LogP contribution in [-0.4, -0.2) is 57.3 Å². The normalized spacial score (nSPS) is 19.8. The molecule has 2 amide bonds. The lowest BCUT2D eigenvalue weighted by Crippen LogP contribution is -2.31. The van der Waals surface area contributed by atoms with E-state index in [4.69, 9.17) is 0 Å². The number of nitrogens with zero attached hydrogens (tertiary/aromatic N) is 3. The smallest absolute Gasteiger partial charge is 0.255 e. The van der Waals surface area contributed by atoms with Crippen molar-refractivity contribution in [1.82, 2.24) is 25.2 Å². The molecule has 2 unspecified atom stereocenters. The molecule has 1 aliphatic rings. The van der Waals surface area contributed by atoms with E-state index in [1.165, 1.54) is 6.08 Å². The topological polar surface area (TPSA) is 103 Å². The van der Waals surface area contributed by atoms with E-state index in [0.29, 0.717) is 42.2 Å². The Morgan fingerprint density at radius 2 is 2.28 bits per heavy atom. The molecule has 8 heteroatoms. The van der Waals surface area contributed by atoms with Gasteiger partial charge in [-0.25, -0.2) is 9.97 Å². The molecule has 0 aromatic carbocycles. The minimum atomic E-state index is -0.183. The molecule has 1 aliphatic heterocycles. The van der Waals surface area contributed by atoms with Gasteiger partial charge in [0.2, 0.25) is 5.91 Å². The zero-order valence-corrected chi connectivity index (χ0v) is 14.4. The van der Waals surface area contributed by atoms with Crippen molar-refractivity contribution in [2.75, 3.05) is 25.0 Å². The van der Waals surface area contributed by atoms with Crippen molar-refractivity contribution in [2.45, 2.75) is 19.9 Å². The molecule has 132 valence electrons. The van der Waals surface area contributed by atoms with Gasteiger partial charge in [-0.15, -0.1) is 0 Å². The number of aromatic nitrogens is 3. The number of nitrogens with one attached hydrogen (secondary N) is 3. The van der Waals surface area contributed by atoms with Gasteiger partial charge in [0.25, 0.3) is 5.91 Å². The average Bonchev–Trinajstić information content (AvgIpc) is 3.18. The molecule has 8 nitrogen and oxygen atoms in total. The number of carbonyl (C=O) groups is 2. The SMILES string of the molecule is C=CC(=O)N1CC(C)C(Nc2cnc3[nH]cc(C(=O)NCC)c3n2)C1. The lowest BCUT2D eigenvalue weighted by molar-refractivity contribution is -0.125. The number of amides is 2. The zero-order chi connectivity index (χ0) is 18.0. The highest BCUT2D eigenvalue weighted by atomic mass is 16.2. The largest absolute Gasteiger partial charge is 0.364 e. The van der Waals surface area contributed by atoms with Crippen molar-refractivity contribution in [2.24, 2.45) is 5.92 Å². The Morgan fingerprint density at radius 1 is 1.48 bits per heavy atom. The third-order valence-corrected chi connectivity index (χ3v) is 4.39. The molecular formula is C17H22N6O2. The fourth-order valence-electron chi connectivity index (χ4n) is 3.04. The van der Waals surface area contributed by atoms with E-state index < -0.39 is 0 Å². The van der Waals surface area contributed by atoms with Crippen molar-refractivity contribution < 1.29 is 9.59 Å². The first-order chi connectivity index (χ1) is 12.0. The predicted octanol–water partition coefficient (Wildman–Crippen LogP) is 1.15. The number of H-pyrrole nitrogens is 1. The molecule has 3 heterocycles. The number of fused-ring (bicyclic) bond motifs is 1. The van der Waals surface area contributed by atoms with Gasteiger partial charge in [0, 0.05) is 31.9 Å². The van der Waals surface area contributed by atoms with E-state index in [1.54, 1.807) is 17.3 Å². The second-order valence-corrected chi connectivity index (χ2v) is 6.19. The van der Waals surface area contributed by atoms with Crippen molar-refractivity contribution in [1.29, 1.82) is 0 Å². The molecule has 0 spiro atoms. The molecule has 0 radical (unpaired) electrons. The van der Waals surface area contributed by atoms with Crippen LogP contribution in [0.1, 0.15) is 24.2 Å². The summed E-state index contributed by atoms with van der Waals surface area (Å²) in [5.41, 5.74) is 1.56. The van der Waals surface area contributed by atoms with E-state index in [1.807, 2.05) is 6.92 Å². The second-order valence-electron chi connectivity index (χ2n) is 6.19. The van der Waals surface area contributed by atoms with Crippen molar-refractivity contribution in [3.05, 3.63) is 30.6 Å². The maximum absolute atomic E-state index is 12.1. The highest BCUT2D eigenvalue weighted by Crippen LogP contribution is 2.22. The van der Waals surface area contributed by atoms with Crippen LogP contribution in [0.5, 0.6) is 0 Å². The van der Waals surface area contributed by atoms with Crippen molar-refractivity contribution >= 4 is 28.8 Å². The van der Waals surface area contributed by atoms with Crippen LogP contribution in [0.3, 0.4) is 0 Å². The molecule has 2 aromatic rings. The van der Waals surface area contributed by atoms with Gasteiger partial charge in [0.15, 0.2) is 5.65 Å². The molecule has 3 N–H and O–H groups in total. The number of hydrogen-bond acceptors (Lipinski definition) is 5. The highest BCUT2D eigenvalue weighted by Gasteiger charge is 2.31. The maximum atomic E-state index is 12.1.